The maximum Gasteiger partial charge on any atom is 0.315 e. The molecule has 136 valence electrons. The van der Waals surface area contributed by atoms with Crippen LogP contribution in [0.2, 0.25) is 0 Å². The molecule has 0 saturated heterocycles. The van der Waals surface area contributed by atoms with Gasteiger partial charge in [0.15, 0.2) is 0 Å². The van der Waals surface area contributed by atoms with Crippen LogP contribution in [0.4, 0.5) is 4.79 Å². The Labute approximate surface area is 154 Å². The van der Waals surface area contributed by atoms with Crippen molar-refractivity contribution >= 4 is 11.9 Å². The molecule has 3 rings (SSSR count). The fourth-order valence-corrected chi connectivity index (χ4v) is 3.35. The molecule has 5 heteroatoms. The van der Waals surface area contributed by atoms with E-state index in [9.17, 15) is 9.59 Å². The Hall–Kier alpha value is -2.82. The zero-order valence-electron chi connectivity index (χ0n) is 15.2. The third-order valence-electron chi connectivity index (χ3n) is 4.78. The fourth-order valence-electron chi connectivity index (χ4n) is 3.35. The molecule has 0 fully saturated rings. The van der Waals surface area contributed by atoms with Crippen LogP contribution in [-0.4, -0.2) is 23.4 Å². The molecule has 0 spiro atoms. The van der Waals surface area contributed by atoms with E-state index < -0.39 is 6.03 Å². The van der Waals surface area contributed by atoms with Gasteiger partial charge in [0.2, 0.25) is 0 Å². The van der Waals surface area contributed by atoms with Crippen LogP contribution in [0.25, 0.3) is 0 Å². The summed E-state index contributed by atoms with van der Waals surface area (Å²) in [7, 11) is 0. The van der Waals surface area contributed by atoms with Crippen LogP contribution >= 0.6 is 0 Å². The van der Waals surface area contributed by atoms with E-state index in [2.05, 4.69) is 19.2 Å². The van der Waals surface area contributed by atoms with Crippen molar-refractivity contribution in [2.24, 2.45) is 11.7 Å². The van der Waals surface area contributed by atoms with Crippen molar-refractivity contribution in [1.82, 2.24) is 10.2 Å². The number of nitrogens with zero attached hydrogens (tertiary/aromatic N) is 1. The van der Waals surface area contributed by atoms with Crippen LogP contribution in [0.1, 0.15) is 53.4 Å². The van der Waals surface area contributed by atoms with Crippen LogP contribution < -0.4 is 11.1 Å². The summed E-state index contributed by atoms with van der Waals surface area (Å²) in [4.78, 5) is 25.8. The van der Waals surface area contributed by atoms with Crippen molar-refractivity contribution in [2.75, 3.05) is 6.54 Å². The first-order valence-corrected chi connectivity index (χ1v) is 8.99. The minimum Gasteiger partial charge on any atom is -0.352 e. The van der Waals surface area contributed by atoms with Gasteiger partial charge in [-0.3, -0.25) is 4.79 Å². The van der Waals surface area contributed by atoms with Crippen molar-refractivity contribution in [3.05, 3.63) is 70.8 Å². The molecule has 0 aromatic heterocycles. The first-order valence-electron chi connectivity index (χ1n) is 8.99. The van der Waals surface area contributed by atoms with Crippen molar-refractivity contribution in [3.8, 4) is 0 Å². The number of primary amides is 1. The molecule has 1 atom stereocenters. The summed E-state index contributed by atoms with van der Waals surface area (Å²) < 4.78 is 0. The number of hydrogen-bond acceptors (Lipinski definition) is 2. The highest BCUT2D eigenvalue weighted by Gasteiger charge is 2.33. The summed E-state index contributed by atoms with van der Waals surface area (Å²) in [5, 5.41) is 2.94. The second kappa shape index (κ2) is 7.60. The van der Waals surface area contributed by atoms with E-state index in [1.807, 2.05) is 36.4 Å². The molecule has 26 heavy (non-hydrogen) atoms. The number of hydrogen-bond donors (Lipinski definition) is 2. The molecule has 1 unspecified atom stereocenters. The number of nitrogens with two attached hydrogens (primary N) is 1. The highest BCUT2D eigenvalue weighted by Crippen LogP contribution is 2.38. The van der Waals surface area contributed by atoms with Crippen molar-refractivity contribution in [3.63, 3.8) is 0 Å². The molecular weight excluding hydrogens is 326 g/mol. The third kappa shape index (κ3) is 3.72. The number of nitrogens with one attached hydrogen (secondary N) is 1. The average molecular weight is 351 g/mol. The molecule has 1 aliphatic rings. The lowest BCUT2D eigenvalue weighted by molar-refractivity contribution is 0.0952. The van der Waals surface area contributed by atoms with Crippen molar-refractivity contribution < 1.29 is 9.59 Å². The monoisotopic (exact) mass is 351 g/mol. The zero-order valence-corrected chi connectivity index (χ0v) is 15.2. The average Bonchev–Trinajstić information content (AvgIpc) is 3.01. The van der Waals surface area contributed by atoms with Gasteiger partial charge >= 0.3 is 6.03 Å². The van der Waals surface area contributed by atoms with E-state index in [1.54, 1.807) is 17.0 Å². The summed E-state index contributed by atoms with van der Waals surface area (Å²) in [6, 6.07) is 14.7. The largest absolute Gasteiger partial charge is 0.352 e. The van der Waals surface area contributed by atoms with Gasteiger partial charge in [-0.2, -0.15) is 0 Å². The predicted octanol–water partition coefficient (Wildman–Crippen LogP) is 3.45. The topological polar surface area (TPSA) is 75.4 Å². The Balaban J connectivity index is 1.79. The van der Waals surface area contributed by atoms with Gasteiger partial charge in [0.1, 0.15) is 0 Å². The lowest BCUT2D eigenvalue weighted by Crippen LogP contribution is -2.34. The summed E-state index contributed by atoms with van der Waals surface area (Å²) in [6.07, 6.45) is 0.955. The summed E-state index contributed by atoms with van der Waals surface area (Å²) >= 11 is 0. The Kier molecular flexibility index (Phi) is 5.26. The predicted molar refractivity (Wildman–Crippen MR) is 102 cm³/mol. The molecule has 0 saturated carbocycles. The van der Waals surface area contributed by atoms with Gasteiger partial charge in [0.05, 0.1) is 6.04 Å². The lowest BCUT2D eigenvalue weighted by Gasteiger charge is -2.24. The normalized spacial score (nSPS) is 15.8. The summed E-state index contributed by atoms with van der Waals surface area (Å²) in [5.74, 6) is 0.482. The molecule has 3 N–H and O–H groups in total. The van der Waals surface area contributed by atoms with E-state index in [-0.39, 0.29) is 11.9 Å². The van der Waals surface area contributed by atoms with Gasteiger partial charge < -0.3 is 16.0 Å². The van der Waals surface area contributed by atoms with Gasteiger partial charge in [-0.25, -0.2) is 4.79 Å². The van der Waals surface area contributed by atoms with Gasteiger partial charge in [-0.05, 0) is 41.2 Å². The van der Waals surface area contributed by atoms with Crippen molar-refractivity contribution in [1.29, 1.82) is 0 Å². The van der Waals surface area contributed by atoms with Crippen LogP contribution in [0.5, 0.6) is 0 Å². The Morgan fingerprint density at radius 1 is 1.15 bits per heavy atom. The molecule has 0 aliphatic carbocycles. The number of benzene rings is 2. The van der Waals surface area contributed by atoms with Crippen LogP contribution in [0, 0.1) is 5.92 Å². The molecular formula is C21H25N3O2. The lowest BCUT2D eigenvalue weighted by atomic mass is 9.97. The summed E-state index contributed by atoms with van der Waals surface area (Å²) in [5.41, 5.74) is 9.34. The van der Waals surface area contributed by atoms with Crippen molar-refractivity contribution in [2.45, 2.75) is 32.9 Å². The zero-order chi connectivity index (χ0) is 18.7. The first-order chi connectivity index (χ1) is 12.5. The van der Waals surface area contributed by atoms with E-state index in [4.69, 9.17) is 5.73 Å². The van der Waals surface area contributed by atoms with Gasteiger partial charge in [-0.15, -0.1) is 0 Å². The van der Waals surface area contributed by atoms with E-state index in [1.165, 1.54) is 0 Å². The van der Waals surface area contributed by atoms with E-state index in [0.29, 0.717) is 24.6 Å². The molecule has 0 bridgehead atoms. The Morgan fingerprint density at radius 2 is 1.85 bits per heavy atom. The van der Waals surface area contributed by atoms with Crippen LogP contribution in [-0.2, 0) is 6.54 Å². The van der Waals surface area contributed by atoms with E-state index >= 15 is 0 Å². The molecule has 1 aliphatic heterocycles. The number of carbonyl (C=O) groups excluding carboxylic acids is 2. The smallest absolute Gasteiger partial charge is 0.315 e. The second-order valence-corrected chi connectivity index (χ2v) is 7.13. The number of amides is 3. The quantitative estimate of drug-likeness (QED) is 0.866. The Morgan fingerprint density at radius 3 is 2.50 bits per heavy atom. The number of urea groups is 1. The number of carbonyl (C=O) groups is 2. The highest BCUT2D eigenvalue weighted by atomic mass is 16.2. The SMILES string of the molecule is CC(C)CCNC(=O)c1ccc(C2c3ccccc3CN2C(N)=O)cc1. The van der Waals surface area contributed by atoms with Gasteiger partial charge in [0.25, 0.3) is 5.91 Å². The first kappa shape index (κ1) is 18.0. The minimum absolute atomic E-state index is 0.0734. The third-order valence-corrected chi connectivity index (χ3v) is 4.78. The highest BCUT2D eigenvalue weighted by molar-refractivity contribution is 5.94. The summed E-state index contributed by atoms with van der Waals surface area (Å²) in [6.45, 7) is 5.44. The molecule has 1 heterocycles. The second-order valence-electron chi connectivity index (χ2n) is 7.13. The van der Waals surface area contributed by atoms with Gasteiger partial charge in [-0.1, -0.05) is 50.2 Å². The molecule has 0 radical (unpaired) electrons. The van der Waals surface area contributed by atoms with Crippen LogP contribution in [0.15, 0.2) is 48.5 Å². The van der Waals surface area contributed by atoms with Crippen LogP contribution in [0.3, 0.4) is 0 Å². The maximum atomic E-state index is 12.2. The standard InChI is InChI=1S/C21H25N3O2/c1-14(2)11-12-23-20(25)16-9-7-15(8-10-16)19-18-6-4-3-5-17(18)13-24(19)21(22)26/h3-10,14,19H,11-13H2,1-2H3,(H2,22,26)(H,23,25). The van der Waals surface area contributed by atoms with E-state index in [0.717, 1.165) is 23.1 Å². The molecule has 5 nitrogen and oxygen atoms in total. The Bertz CT molecular complexity index is 799. The molecule has 3 amide bonds. The fraction of sp³-hybridized carbons (Fsp3) is 0.333. The number of fused-ring (bicyclic) bond motifs is 1. The molecule has 2 aromatic rings. The molecule has 2 aromatic carbocycles. The maximum absolute atomic E-state index is 12.2. The van der Waals surface area contributed by atoms with Gasteiger partial charge in [0, 0.05) is 18.7 Å². The minimum atomic E-state index is -0.443. The number of rotatable bonds is 5.